The molecule has 0 radical (unpaired) electrons. The maximum atomic E-state index is 12.1. The fraction of sp³-hybridized carbons (Fsp3) is 0.200. The summed E-state index contributed by atoms with van der Waals surface area (Å²) in [6.45, 7) is 2.32. The van der Waals surface area contributed by atoms with Crippen molar-refractivity contribution in [3.8, 4) is 11.5 Å². The number of aryl methyl sites for hydroxylation is 1. The fourth-order valence-electron chi connectivity index (χ4n) is 2.49. The number of ether oxygens (including phenoxy) is 1. The third-order valence-electron chi connectivity index (χ3n) is 3.82. The molecule has 1 amide bonds. The molecule has 0 spiro atoms. The highest BCUT2D eigenvalue weighted by Gasteiger charge is 2.12. The summed E-state index contributed by atoms with van der Waals surface area (Å²) in [6, 6.07) is 19.1. The van der Waals surface area contributed by atoms with Crippen molar-refractivity contribution in [2.24, 2.45) is 0 Å². The van der Waals surface area contributed by atoms with Crippen LogP contribution in [0.4, 0.5) is 11.5 Å². The molecule has 134 valence electrons. The number of anilines is 2. The molecule has 0 unspecified atom stereocenters. The molecular weight excluding hydrogens is 330 g/mol. The first-order valence-electron chi connectivity index (χ1n) is 8.38. The molecular formula is C20H21N3O3. The molecule has 3 aromatic rings. The van der Waals surface area contributed by atoms with Gasteiger partial charge in [0, 0.05) is 26.1 Å². The van der Waals surface area contributed by atoms with Crippen LogP contribution >= 0.6 is 0 Å². The zero-order valence-corrected chi connectivity index (χ0v) is 14.8. The summed E-state index contributed by atoms with van der Waals surface area (Å²) in [5.41, 5.74) is 0.918. The lowest BCUT2D eigenvalue weighted by Crippen LogP contribution is -2.24. The van der Waals surface area contributed by atoms with E-state index in [1.165, 1.54) is 0 Å². The Morgan fingerprint density at radius 3 is 2.62 bits per heavy atom. The summed E-state index contributed by atoms with van der Waals surface area (Å²) in [7, 11) is 1.93. The third kappa shape index (κ3) is 4.63. The van der Waals surface area contributed by atoms with Crippen molar-refractivity contribution in [3.63, 3.8) is 0 Å². The lowest BCUT2D eigenvalue weighted by atomic mass is 10.2. The Morgan fingerprint density at radius 2 is 1.88 bits per heavy atom. The number of hydrogen-bond acceptors (Lipinski definition) is 5. The molecule has 0 aliphatic carbocycles. The Kier molecular flexibility index (Phi) is 5.53. The molecule has 1 N–H and O–H groups in total. The highest BCUT2D eigenvalue weighted by Crippen LogP contribution is 2.31. The van der Waals surface area contributed by atoms with Gasteiger partial charge in [-0.05, 0) is 31.2 Å². The molecule has 0 saturated carbocycles. The normalized spacial score (nSPS) is 10.4. The van der Waals surface area contributed by atoms with E-state index in [2.05, 4.69) is 10.5 Å². The molecule has 0 fully saturated rings. The highest BCUT2D eigenvalue weighted by atomic mass is 16.5. The molecule has 1 heterocycles. The number of nitrogens with zero attached hydrogens (tertiary/aromatic N) is 2. The first kappa shape index (κ1) is 17.5. The van der Waals surface area contributed by atoms with Crippen LogP contribution < -0.4 is 15.0 Å². The van der Waals surface area contributed by atoms with E-state index in [-0.39, 0.29) is 5.91 Å². The minimum Gasteiger partial charge on any atom is -0.455 e. The van der Waals surface area contributed by atoms with Gasteiger partial charge in [-0.25, -0.2) is 0 Å². The molecule has 0 aliphatic heterocycles. The van der Waals surface area contributed by atoms with Crippen LogP contribution in [0.1, 0.15) is 12.2 Å². The smallest absolute Gasteiger partial charge is 0.227 e. The van der Waals surface area contributed by atoms with Gasteiger partial charge >= 0.3 is 0 Å². The van der Waals surface area contributed by atoms with E-state index in [0.717, 1.165) is 17.2 Å². The van der Waals surface area contributed by atoms with Crippen molar-refractivity contribution in [2.75, 3.05) is 23.8 Å². The number of aromatic nitrogens is 1. The van der Waals surface area contributed by atoms with Gasteiger partial charge in [-0.15, -0.1) is 0 Å². The summed E-state index contributed by atoms with van der Waals surface area (Å²) >= 11 is 0. The summed E-state index contributed by atoms with van der Waals surface area (Å²) in [4.78, 5) is 14.1. The predicted molar refractivity (Wildman–Crippen MR) is 101 cm³/mol. The molecule has 0 bridgehead atoms. The largest absolute Gasteiger partial charge is 0.455 e. The summed E-state index contributed by atoms with van der Waals surface area (Å²) < 4.78 is 10.9. The van der Waals surface area contributed by atoms with Gasteiger partial charge in [-0.1, -0.05) is 35.5 Å². The first-order valence-corrected chi connectivity index (χ1v) is 8.38. The van der Waals surface area contributed by atoms with E-state index in [0.29, 0.717) is 24.5 Å². The number of benzene rings is 2. The SMILES string of the molecule is Cc1cc(NC(=O)CCN(C)c2ccccc2Oc2ccccc2)no1. The van der Waals surface area contributed by atoms with Crippen molar-refractivity contribution < 1.29 is 14.1 Å². The van der Waals surface area contributed by atoms with E-state index in [9.17, 15) is 4.79 Å². The van der Waals surface area contributed by atoms with Gasteiger partial charge in [0.1, 0.15) is 11.5 Å². The van der Waals surface area contributed by atoms with Gasteiger partial charge in [0.15, 0.2) is 11.6 Å². The Labute approximate surface area is 152 Å². The van der Waals surface area contributed by atoms with Crippen LogP contribution in [0.2, 0.25) is 0 Å². The summed E-state index contributed by atoms with van der Waals surface area (Å²) in [6.07, 6.45) is 0.322. The van der Waals surface area contributed by atoms with Crippen molar-refractivity contribution in [3.05, 3.63) is 66.4 Å². The van der Waals surface area contributed by atoms with Crippen LogP contribution in [0.25, 0.3) is 0 Å². The molecule has 1 aromatic heterocycles. The van der Waals surface area contributed by atoms with E-state index in [1.54, 1.807) is 13.0 Å². The summed E-state index contributed by atoms with van der Waals surface area (Å²) in [5, 5.41) is 6.48. The standard InChI is InChI=1S/C20H21N3O3/c1-15-14-19(22-26-15)21-20(24)12-13-23(2)17-10-6-7-11-18(17)25-16-8-4-3-5-9-16/h3-11,14H,12-13H2,1-2H3,(H,21,22,24). The minimum absolute atomic E-state index is 0.119. The van der Waals surface area contributed by atoms with E-state index in [4.69, 9.17) is 9.26 Å². The van der Waals surface area contributed by atoms with Gasteiger partial charge in [-0.3, -0.25) is 4.79 Å². The van der Waals surface area contributed by atoms with Crippen molar-refractivity contribution in [1.82, 2.24) is 5.16 Å². The molecule has 0 saturated heterocycles. The van der Waals surface area contributed by atoms with E-state index in [1.807, 2.05) is 66.5 Å². The van der Waals surface area contributed by atoms with Gasteiger partial charge in [0.05, 0.1) is 5.69 Å². The molecule has 0 atom stereocenters. The first-order chi connectivity index (χ1) is 12.6. The number of para-hydroxylation sites is 3. The molecule has 0 aliphatic rings. The van der Waals surface area contributed by atoms with Gasteiger partial charge < -0.3 is 19.5 Å². The van der Waals surface area contributed by atoms with Gasteiger partial charge in [-0.2, -0.15) is 0 Å². The molecule has 6 nitrogen and oxygen atoms in total. The van der Waals surface area contributed by atoms with Crippen LogP contribution in [-0.4, -0.2) is 24.7 Å². The number of hydrogen-bond donors (Lipinski definition) is 1. The van der Waals surface area contributed by atoms with Crippen LogP contribution in [0, 0.1) is 6.92 Å². The highest BCUT2D eigenvalue weighted by molar-refractivity contribution is 5.90. The number of nitrogens with one attached hydrogen (secondary N) is 1. The minimum atomic E-state index is -0.119. The van der Waals surface area contributed by atoms with E-state index < -0.39 is 0 Å². The maximum Gasteiger partial charge on any atom is 0.227 e. The van der Waals surface area contributed by atoms with Crippen molar-refractivity contribution >= 4 is 17.4 Å². The quantitative estimate of drug-likeness (QED) is 0.689. The van der Waals surface area contributed by atoms with E-state index >= 15 is 0 Å². The van der Waals surface area contributed by atoms with Crippen molar-refractivity contribution in [1.29, 1.82) is 0 Å². The lowest BCUT2D eigenvalue weighted by molar-refractivity contribution is -0.116. The molecule has 2 aromatic carbocycles. The second-order valence-corrected chi connectivity index (χ2v) is 5.93. The average Bonchev–Trinajstić information content (AvgIpc) is 3.06. The molecule has 3 rings (SSSR count). The second-order valence-electron chi connectivity index (χ2n) is 5.93. The Morgan fingerprint density at radius 1 is 1.15 bits per heavy atom. The van der Waals surface area contributed by atoms with Gasteiger partial charge in [0.25, 0.3) is 0 Å². The number of carbonyl (C=O) groups excluding carboxylic acids is 1. The Bertz CT molecular complexity index is 862. The number of rotatable bonds is 7. The Hall–Kier alpha value is -3.28. The van der Waals surface area contributed by atoms with Gasteiger partial charge in [0.2, 0.25) is 5.91 Å². The number of carbonyl (C=O) groups is 1. The zero-order valence-electron chi connectivity index (χ0n) is 14.8. The zero-order chi connectivity index (χ0) is 18.4. The maximum absolute atomic E-state index is 12.1. The number of amides is 1. The third-order valence-corrected chi connectivity index (χ3v) is 3.82. The van der Waals surface area contributed by atoms with Crippen LogP contribution in [0.15, 0.2) is 65.2 Å². The van der Waals surface area contributed by atoms with Crippen LogP contribution in [0.3, 0.4) is 0 Å². The topological polar surface area (TPSA) is 67.6 Å². The second kappa shape index (κ2) is 8.20. The van der Waals surface area contributed by atoms with Crippen LogP contribution in [0.5, 0.6) is 11.5 Å². The fourth-order valence-corrected chi connectivity index (χ4v) is 2.49. The lowest BCUT2D eigenvalue weighted by Gasteiger charge is -2.22. The monoisotopic (exact) mass is 351 g/mol. The van der Waals surface area contributed by atoms with Crippen molar-refractivity contribution in [2.45, 2.75) is 13.3 Å². The molecule has 26 heavy (non-hydrogen) atoms. The predicted octanol–water partition coefficient (Wildman–Crippen LogP) is 4.24. The Balaban J connectivity index is 1.60. The van der Waals surface area contributed by atoms with Crippen LogP contribution in [-0.2, 0) is 4.79 Å². The summed E-state index contributed by atoms with van der Waals surface area (Å²) in [5.74, 6) is 2.49. The molecule has 6 heteroatoms. The average molecular weight is 351 g/mol.